The lowest BCUT2D eigenvalue weighted by molar-refractivity contribution is -0.139. The number of nitrogens with one attached hydrogen (secondary N) is 2. The molecule has 3 aromatic rings. The molecule has 16 heteroatoms. The Morgan fingerprint density at radius 3 is 2.34 bits per heavy atom. The van der Waals surface area contributed by atoms with Crippen LogP contribution in [-0.2, 0) is 12.4 Å². The van der Waals surface area contributed by atoms with Gasteiger partial charge in [0.05, 0.1) is 35.8 Å². The van der Waals surface area contributed by atoms with Crippen molar-refractivity contribution in [3.63, 3.8) is 0 Å². The van der Waals surface area contributed by atoms with E-state index in [-0.39, 0.29) is 22.6 Å². The van der Waals surface area contributed by atoms with Crippen molar-refractivity contribution in [3.8, 4) is 5.75 Å². The number of carbonyl (C=O) groups is 1. The van der Waals surface area contributed by atoms with Crippen LogP contribution in [0.2, 0.25) is 0 Å². The Morgan fingerprint density at radius 1 is 1.05 bits per heavy atom. The maximum absolute atomic E-state index is 14.0. The van der Waals surface area contributed by atoms with Crippen molar-refractivity contribution >= 4 is 34.8 Å². The van der Waals surface area contributed by atoms with Gasteiger partial charge in [0.25, 0.3) is 5.91 Å². The molecule has 4 rings (SSSR count). The summed E-state index contributed by atoms with van der Waals surface area (Å²) in [5, 5.41) is 5.04. The van der Waals surface area contributed by atoms with E-state index in [0.717, 1.165) is 44.5 Å². The summed E-state index contributed by atoms with van der Waals surface area (Å²) in [5.74, 6) is -1.58. The third kappa shape index (κ3) is 7.37. The molecule has 0 bridgehead atoms. The van der Waals surface area contributed by atoms with Crippen LogP contribution in [0.25, 0.3) is 0 Å². The van der Waals surface area contributed by atoms with Crippen molar-refractivity contribution < 1.29 is 35.9 Å². The fourth-order valence-electron chi connectivity index (χ4n) is 4.34. The zero-order chi connectivity index (χ0) is 32.2. The largest absolute Gasteiger partial charge is 0.496 e. The lowest BCUT2D eigenvalue weighted by atomic mass is 10.1. The lowest BCUT2D eigenvalue weighted by Gasteiger charge is -2.32. The Labute approximate surface area is 248 Å². The molecule has 1 aromatic heterocycles. The Kier molecular flexibility index (Phi) is 9.32. The smallest absolute Gasteiger partial charge is 0.420 e. The maximum atomic E-state index is 14.0. The number of amidine groups is 1. The minimum Gasteiger partial charge on any atom is -0.496 e. The molecule has 0 aliphatic carbocycles. The first kappa shape index (κ1) is 32.1. The summed E-state index contributed by atoms with van der Waals surface area (Å²) in [6, 6.07) is 5.17. The van der Waals surface area contributed by atoms with Gasteiger partial charge in [0.15, 0.2) is 5.84 Å². The van der Waals surface area contributed by atoms with Crippen LogP contribution in [0.3, 0.4) is 0 Å². The summed E-state index contributed by atoms with van der Waals surface area (Å²) in [4.78, 5) is 29.7. The average molecular weight is 623 g/mol. The molecule has 2 aromatic carbocycles. The number of piperazine rings is 1. The normalized spacial score (nSPS) is 14.7. The van der Waals surface area contributed by atoms with Gasteiger partial charge in [-0.15, -0.1) is 0 Å². The van der Waals surface area contributed by atoms with Gasteiger partial charge in [-0.1, -0.05) is 6.58 Å². The van der Waals surface area contributed by atoms with Crippen molar-refractivity contribution in [2.75, 3.05) is 55.9 Å². The number of alkyl halides is 6. The van der Waals surface area contributed by atoms with Crippen molar-refractivity contribution in [2.24, 2.45) is 10.7 Å². The first-order valence-electron chi connectivity index (χ1n) is 13.0. The Balaban J connectivity index is 1.72. The molecular formula is C28H28F6N8O2. The number of halogens is 6. The molecule has 1 aliphatic heterocycles. The number of ether oxygens (including phenoxy) is 1. The highest BCUT2D eigenvalue weighted by Crippen LogP contribution is 2.39. The summed E-state index contributed by atoms with van der Waals surface area (Å²) >= 11 is 0. The first-order chi connectivity index (χ1) is 20.7. The summed E-state index contributed by atoms with van der Waals surface area (Å²) in [6.07, 6.45) is -6.96. The number of amides is 1. The molecule has 10 nitrogen and oxygen atoms in total. The van der Waals surface area contributed by atoms with Crippen LogP contribution in [0, 0.1) is 0 Å². The summed E-state index contributed by atoms with van der Waals surface area (Å²) in [6.45, 7) is 6.27. The van der Waals surface area contributed by atoms with E-state index in [1.165, 1.54) is 12.4 Å². The Morgan fingerprint density at radius 2 is 1.73 bits per heavy atom. The van der Waals surface area contributed by atoms with E-state index in [4.69, 9.17) is 10.5 Å². The van der Waals surface area contributed by atoms with Crippen LogP contribution in [0.1, 0.15) is 27.2 Å². The quantitative estimate of drug-likeness (QED) is 0.180. The van der Waals surface area contributed by atoms with Gasteiger partial charge >= 0.3 is 12.4 Å². The van der Waals surface area contributed by atoms with Crippen LogP contribution in [0.5, 0.6) is 5.75 Å². The Hall–Kier alpha value is -4.86. The molecule has 0 saturated carbocycles. The second-order valence-corrected chi connectivity index (χ2v) is 9.66. The standard InChI is InChI=1S/C28H28F6N8O2/c1-4-36-21-15-37-26(42-11-9-41(2)10-12-42)40-23(21)24(35)39-20-13-16(5-7-18(20)27(29,30)31)25(43)38-17-6-8-22(44-3)19(14-17)28(32,33)34/h4-8,13-15,36H,1,9-12H2,2-3H3,(H2,35,39)(H,38,43). The molecule has 2 heterocycles. The number of nitrogens with zero attached hydrogens (tertiary/aromatic N) is 5. The molecule has 1 saturated heterocycles. The first-order valence-corrected chi connectivity index (χ1v) is 13.0. The molecule has 0 spiro atoms. The SMILES string of the molecule is C=CNc1cnc(N2CCN(C)CC2)nc1C(N)=Nc1cc(C(=O)Nc2ccc(OC)c(C(F)(F)F)c2)ccc1C(F)(F)F. The van der Waals surface area contributed by atoms with E-state index in [1.54, 1.807) is 0 Å². The van der Waals surface area contributed by atoms with Gasteiger partial charge in [-0.3, -0.25) is 4.79 Å². The number of aromatic nitrogens is 2. The molecule has 0 radical (unpaired) electrons. The third-order valence-corrected chi connectivity index (χ3v) is 6.63. The predicted octanol–water partition coefficient (Wildman–Crippen LogP) is 5.12. The number of methoxy groups -OCH3 is 1. The van der Waals surface area contributed by atoms with Crippen molar-refractivity contribution in [1.82, 2.24) is 14.9 Å². The van der Waals surface area contributed by atoms with E-state index in [0.29, 0.717) is 31.2 Å². The number of carbonyl (C=O) groups excluding carboxylic acids is 1. The highest BCUT2D eigenvalue weighted by Gasteiger charge is 2.36. The minimum absolute atomic E-state index is 0.00489. The van der Waals surface area contributed by atoms with Crippen LogP contribution in [0.4, 0.5) is 49.4 Å². The number of benzene rings is 2. The number of hydrogen-bond acceptors (Lipinski definition) is 8. The molecule has 44 heavy (non-hydrogen) atoms. The van der Waals surface area contributed by atoms with Gasteiger partial charge < -0.3 is 30.9 Å². The fourth-order valence-corrected chi connectivity index (χ4v) is 4.34. The molecule has 1 aliphatic rings. The van der Waals surface area contributed by atoms with Crippen LogP contribution in [0.15, 0.2) is 60.4 Å². The average Bonchev–Trinajstić information content (AvgIpc) is 2.97. The fraction of sp³-hybridized carbons (Fsp3) is 0.286. The molecule has 1 amide bonds. The van der Waals surface area contributed by atoms with E-state index < -0.39 is 46.7 Å². The Bertz CT molecular complexity index is 1570. The van der Waals surface area contributed by atoms with Gasteiger partial charge in [-0.2, -0.15) is 26.3 Å². The predicted molar refractivity (Wildman–Crippen MR) is 153 cm³/mol. The monoisotopic (exact) mass is 622 g/mol. The molecule has 4 N–H and O–H groups in total. The van der Waals surface area contributed by atoms with Crippen LogP contribution >= 0.6 is 0 Å². The van der Waals surface area contributed by atoms with Crippen molar-refractivity contribution in [1.29, 1.82) is 0 Å². The summed E-state index contributed by atoms with van der Waals surface area (Å²) in [5.41, 5.74) is 2.78. The molecule has 234 valence electrons. The van der Waals surface area contributed by atoms with E-state index in [2.05, 4.69) is 37.1 Å². The van der Waals surface area contributed by atoms with Crippen LogP contribution in [-0.4, -0.2) is 66.9 Å². The zero-order valence-corrected chi connectivity index (χ0v) is 23.6. The van der Waals surface area contributed by atoms with Gasteiger partial charge in [0.2, 0.25) is 5.95 Å². The molecule has 0 unspecified atom stereocenters. The van der Waals surface area contributed by atoms with E-state index in [9.17, 15) is 31.1 Å². The van der Waals surface area contributed by atoms with E-state index in [1.807, 2.05) is 11.9 Å². The highest BCUT2D eigenvalue weighted by molar-refractivity contribution is 6.06. The number of hydrogen-bond donors (Lipinski definition) is 3. The second kappa shape index (κ2) is 12.8. The van der Waals surface area contributed by atoms with Gasteiger partial charge in [0.1, 0.15) is 11.4 Å². The van der Waals surface area contributed by atoms with Gasteiger partial charge in [0, 0.05) is 37.4 Å². The van der Waals surface area contributed by atoms with Crippen molar-refractivity contribution in [2.45, 2.75) is 12.4 Å². The van der Waals surface area contributed by atoms with Gasteiger partial charge in [-0.05, 0) is 49.6 Å². The number of anilines is 3. The number of aliphatic imine (C=N–C) groups is 1. The summed E-state index contributed by atoms with van der Waals surface area (Å²) < 4.78 is 86.9. The van der Waals surface area contributed by atoms with Gasteiger partial charge in [-0.25, -0.2) is 15.0 Å². The summed E-state index contributed by atoms with van der Waals surface area (Å²) in [7, 11) is 3.03. The van der Waals surface area contributed by atoms with Crippen molar-refractivity contribution in [3.05, 3.63) is 77.8 Å². The topological polar surface area (TPSA) is 121 Å². The lowest BCUT2D eigenvalue weighted by Crippen LogP contribution is -2.45. The third-order valence-electron chi connectivity index (χ3n) is 6.63. The van der Waals surface area contributed by atoms with E-state index >= 15 is 0 Å². The zero-order valence-electron chi connectivity index (χ0n) is 23.6. The highest BCUT2D eigenvalue weighted by atomic mass is 19.4. The number of rotatable bonds is 8. The maximum Gasteiger partial charge on any atom is 0.420 e. The molecule has 1 fully saturated rings. The number of nitrogens with two attached hydrogens (primary N) is 1. The second-order valence-electron chi connectivity index (χ2n) is 9.66. The minimum atomic E-state index is -4.88. The molecule has 0 atom stereocenters. The number of likely N-dealkylation sites (N-methyl/N-ethyl adjacent to an activating group) is 1. The van der Waals surface area contributed by atoms with Crippen LogP contribution < -0.4 is 26.0 Å². The molecular weight excluding hydrogens is 594 g/mol.